The second-order valence-electron chi connectivity index (χ2n) is 5.11. The summed E-state index contributed by atoms with van der Waals surface area (Å²) in [6.45, 7) is 10.5. The lowest BCUT2D eigenvalue weighted by molar-refractivity contribution is 0.0314. The Morgan fingerprint density at radius 3 is 2.53 bits per heavy atom. The molecule has 0 bridgehead atoms. The molecule has 3 nitrogen and oxygen atoms in total. The number of nitrogens with one attached hydrogen (secondary N) is 1. The molecule has 1 heterocycles. The van der Waals surface area contributed by atoms with Gasteiger partial charge in [0.25, 0.3) is 0 Å². The Bertz CT molecular complexity index is 182. The van der Waals surface area contributed by atoms with Crippen LogP contribution >= 0.6 is 0 Å². The lowest BCUT2D eigenvalue weighted by Crippen LogP contribution is -2.58. The van der Waals surface area contributed by atoms with Crippen LogP contribution in [0.15, 0.2) is 0 Å². The molecule has 0 saturated carbocycles. The highest BCUT2D eigenvalue weighted by molar-refractivity contribution is 4.86. The van der Waals surface area contributed by atoms with Gasteiger partial charge < -0.3 is 5.32 Å². The zero-order valence-electron chi connectivity index (χ0n) is 11.0. The standard InChI is InChI=1S/C12H27N3/c1-10(2)15-8-11(3)14(5)12(9-15)6-7-13-4/h10-13H,6-9H2,1-5H3. The summed E-state index contributed by atoms with van der Waals surface area (Å²) < 4.78 is 0. The lowest BCUT2D eigenvalue weighted by atomic mass is 10.0. The van der Waals surface area contributed by atoms with E-state index in [4.69, 9.17) is 0 Å². The summed E-state index contributed by atoms with van der Waals surface area (Å²) in [6, 6.07) is 2.07. The topological polar surface area (TPSA) is 18.5 Å². The number of hydrogen-bond acceptors (Lipinski definition) is 3. The van der Waals surface area contributed by atoms with Crippen LogP contribution in [-0.2, 0) is 0 Å². The summed E-state index contributed by atoms with van der Waals surface area (Å²) in [6.07, 6.45) is 1.25. The first-order chi connectivity index (χ1) is 7.06. The summed E-state index contributed by atoms with van der Waals surface area (Å²) in [7, 11) is 4.30. The van der Waals surface area contributed by atoms with Gasteiger partial charge in [-0.05, 0) is 47.8 Å². The first kappa shape index (κ1) is 12.9. The largest absolute Gasteiger partial charge is 0.320 e. The minimum atomic E-state index is 0.679. The third-order valence-electron chi connectivity index (χ3n) is 3.67. The Kier molecular flexibility index (Phi) is 5.03. The molecular weight excluding hydrogens is 186 g/mol. The molecule has 3 heteroatoms. The van der Waals surface area contributed by atoms with E-state index in [1.54, 1.807) is 0 Å². The van der Waals surface area contributed by atoms with Crippen LogP contribution in [0, 0.1) is 0 Å². The van der Waals surface area contributed by atoms with Crippen LogP contribution in [0.4, 0.5) is 0 Å². The molecule has 1 rings (SSSR count). The van der Waals surface area contributed by atoms with Crippen LogP contribution in [0.25, 0.3) is 0 Å². The zero-order valence-corrected chi connectivity index (χ0v) is 11.0. The number of nitrogens with zero attached hydrogens (tertiary/aromatic N) is 2. The van der Waals surface area contributed by atoms with Crippen molar-refractivity contribution in [2.24, 2.45) is 0 Å². The van der Waals surface area contributed by atoms with Crippen molar-refractivity contribution >= 4 is 0 Å². The highest BCUT2D eigenvalue weighted by atomic mass is 15.3. The first-order valence-corrected chi connectivity index (χ1v) is 6.16. The van der Waals surface area contributed by atoms with E-state index in [0.29, 0.717) is 18.1 Å². The Labute approximate surface area is 94.8 Å². The van der Waals surface area contributed by atoms with Crippen LogP contribution in [0.3, 0.4) is 0 Å². The van der Waals surface area contributed by atoms with E-state index in [-0.39, 0.29) is 0 Å². The molecule has 1 N–H and O–H groups in total. The normalized spacial score (nSPS) is 30.0. The van der Waals surface area contributed by atoms with Crippen molar-refractivity contribution in [3.63, 3.8) is 0 Å². The maximum absolute atomic E-state index is 3.25. The summed E-state index contributed by atoms with van der Waals surface area (Å²) in [4.78, 5) is 5.14. The van der Waals surface area contributed by atoms with Crippen LogP contribution in [0.5, 0.6) is 0 Å². The molecule has 0 aliphatic carbocycles. The first-order valence-electron chi connectivity index (χ1n) is 6.16. The number of rotatable bonds is 4. The smallest absolute Gasteiger partial charge is 0.0235 e. The van der Waals surface area contributed by atoms with Gasteiger partial charge in [-0.25, -0.2) is 0 Å². The van der Waals surface area contributed by atoms with Crippen molar-refractivity contribution in [3.05, 3.63) is 0 Å². The third kappa shape index (κ3) is 3.44. The van der Waals surface area contributed by atoms with Crippen molar-refractivity contribution in [1.82, 2.24) is 15.1 Å². The van der Waals surface area contributed by atoms with Gasteiger partial charge in [0, 0.05) is 31.2 Å². The second-order valence-corrected chi connectivity index (χ2v) is 5.11. The van der Waals surface area contributed by atoms with Crippen molar-refractivity contribution in [2.45, 2.75) is 45.3 Å². The van der Waals surface area contributed by atoms with Crippen LogP contribution in [0.1, 0.15) is 27.2 Å². The molecule has 2 unspecified atom stereocenters. The molecule has 1 aliphatic rings. The Balaban J connectivity index is 2.52. The fraction of sp³-hybridized carbons (Fsp3) is 1.00. The van der Waals surface area contributed by atoms with Gasteiger partial charge in [0.15, 0.2) is 0 Å². The Morgan fingerprint density at radius 1 is 1.33 bits per heavy atom. The quantitative estimate of drug-likeness (QED) is 0.752. The van der Waals surface area contributed by atoms with Crippen molar-refractivity contribution < 1.29 is 0 Å². The van der Waals surface area contributed by atoms with Gasteiger partial charge in [0.1, 0.15) is 0 Å². The van der Waals surface area contributed by atoms with Gasteiger partial charge >= 0.3 is 0 Å². The molecule has 0 aromatic rings. The molecule has 0 aromatic carbocycles. The van der Waals surface area contributed by atoms with Crippen molar-refractivity contribution in [3.8, 4) is 0 Å². The zero-order chi connectivity index (χ0) is 11.4. The van der Waals surface area contributed by atoms with E-state index in [0.717, 1.165) is 6.54 Å². The minimum Gasteiger partial charge on any atom is -0.320 e. The number of piperazine rings is 1. The maximum atomic E-state index is 3.25. The van der Waals surface area contributed by atoms with Crippen LogP contribution in [-0.4, -0.2) is 61.7 Å². The van der Waals surface area contributed by atoms with Gasteiger partial charge in [-0.1, -0.05) is 0 Å². The highest BCUT2D eigenvalue weighted by Gasteiger charge is 2.29. The predicted molar refractivity (Wildman–Crippen MR) is 66.3 cm³/mol. The molecule has 1 saturated heterocycles. The van der Waals surface area contributed by atoms with E-state index in [1.165, 1.54) is 19.5 Å². The monoisotopic (exact) mass is 213 g/mol. The van der Waals surface area contributed by atoms with Gasteiger partial charge in [0.05, 0.1) is 0 Å². The van der Waals surface area contributed by atoms with Gasteiger partial charge in [-0.2, -0.15) is 0 Å². The molecule has 0 aromatic heterocycles. The van der Waals surface area contributed by atoms with Crippen molar-refractivity contribution in [2.75, 3.05) is 33.7 Å². The fourth-order valence-electron chi connectivity index (χ4n) is 2.33. The number of hydrogen-bond donors (Lipinski definition) is 1. The van der Waals surface area contributed by atoms with Gasteiger partial charge in [0.2, 0.25) is 0 Å². The van der Waals surface area contributed by atoms with Crippen LogP contribution in [0.2, 0.25) is 0 Å². The van der Waals surface area contributed by atoms with Crippen LogP contribution < -0.4 is 5.32 Å². The molecular formula is C12H27N3. The summed E-state index contributed by atoms with van der Waals surface area (Å²) in [5.41, 5.74) is 0. The van der Waals surface area contributed by atoms with Crippen molar-refractivity contribution in [1.29, 1.82) is 0 Å². The minimum absolute atomic E-state index is 0.679. The SMILES string of the molecule is CNCCC1CN(C(C)C)CC(C)N1C. The molecule has 0 radical (unpaired) electrons. The van der Waals surface area contributed by atoms with E-state index in [1.807, 2.05) is 7.05 Å². The number of likely N-dealkylation sites (N-methyl/N-ethyl adjacent to an activating group) is 1. The molecule has 0 spiro atoms. The van der Waals surface area contributed by atoms with E-state index >= 15 is 0 Å². The van der Waals surface area contributed by atoms with E-state index in [2.05, 4.69) is 42.9 Å². The molecule has 0 amide bonds. The Hall–Kier alpha value is -0.120. The lowest BCUT2D eigenvalue weighted by Gasteiger charge is -2.45. The third-order valence-corrected chi connectivity index (χ3v) is 3.67. The summed E-state index contributed by atoms with van der Waals surface area (Å²) in [5, 5.41) is 3.25. The van der Waals surface area contributed by atoms with Gasteiger partial charge in [-0.15, -0.1) is 0 Å². The van der Waals surface area contributed by atoms with E-state index < -0.39 is 0 Å². The predicted octanol–water partition coefficient (Wildman–Crippen LogP) is 1.01. The molecule has 2 atom stereocenters. The second kappa shape index (κ2) is 5.83. The Morgan fingerprint density at radius 2 is 2.00 bits per heavy atom. The summed E-state index contributed by atoms with van der Waals surface area (Å²) >= 11 is 0. The molecule has 90 valence electrons. The average Bonchev–Trinajstić information content (AvgIpc) is 2.19. The molecule has 15 heavy (non-hydrogen) atoms. The maximum Gasteiger partial charge on any atom is 0.0235 e. The average molecular weight is 213 g/mol. The fourth-order valence-corrected chi connectivity index (χ4v) is 2.33. The van der Waals surface area contributed by atoms with Gasteiger partial charge in [-0.3, -0.25) is 9.80 Å². The van der Waals surface area contributed by atoms with E-state index in [9.17, 15) is 0 Å². The molecule has 1 fully saturated rings. The summed E-state index contributed by atoms with van der Waals surface area (Å²) in [5.74, 6) is 0. The molecule has 1 aliphatic heterocycles. The highest BCUT2D eigenvalue weighted by Crippen LogP contribution is 2.17.